The van der Waals surface area contributed by atoms with Crippen LogP contribution in [0.4, 0.5) is 0 Å². The van der Waals surface area contributed by atoms with Gasteiger partial charge in [0, 0.05) is 12.2 Å². The first-order chi connectivity index (χ1) is 5.43. The fourth-order valence-electron chi connectivity index (χ4n) is 1.03. The number of nitrogens with two attached hydrogens (primary N) is 1. The molecule has 0 aliphatic heterocycles. The summed E-state index contributed by atoms with van der Waals surface area (Å²) < 4.78 is 0. The molecule has 0 fully saturated rings. The number of aliphatic carboxylic acids is 1. The summed E-state index contributed by atoms with van der Waals surface area (Å²) in [6.45, 7) is 3.96. The number of aliphatic hydroxyl groups excluding tert-OH is 1. The highest BCUT2D eigenvalue weighted by Crippen LogP contribution is 2.08. The Morgan fingerprint density at radius 2 is 1.92 bits per heavy atom. The molecule has 0 spiro atoms. The molecule has 0 aromatic carbocycles. The molecule has 0 saturated heterocycles. The van der Waals surface area contributed by atoms with Crippen LogP contribution in [-0.4, -0.2) is 28.3 Å². The average molecular weight is 189 g/mol. The Bertz CT molecular complexity index is 150. The molecule has 4 N–H and O–H groups in total. The summed E-state index contributed by atoms with van der Waals surface area (Å²) in [6.07, 6.45) is -0.549. The van der Waals surface area contributed by atoms with Gasteiger partial charge in [0.05, 0.1) is 12.5 Å². The number of rotatable bonds is 5. The Morgan fingerprint density at radius 3 is 2.23 bits per heavy atom. The molecule has 0 aromatic heterocycles. The van der Waals surface area contributed by atoms with Crippen molar-refractivity contribution in [3.05, 3.63) is 0 Å². The molecule has 13 heavy (non-hydrogen) atoms. The normalized spacial score (nSPS) is 14.8. The van der Waals surface area contributed by atoms with Gasteiger partial charge >= 0.3 is 5.97 Å². The minimum absolute atomic E-state index is 0. The van der Waals surface area contributed by atoms with Crippen molar-refractivity contribution < 1.29 is 15.0 Å². The molecular formula is C8H17N2O3. The number of carbonyl (C=O) groups is 1. The molecular weight excluding hydrogens is 172 g/mol. The van der Waals surface area contributed by atoms with Crippen molar-refractivity contribution in [2.24, 2.45) is 11.7 Å². The Hall–Kier alpha value is -0.650. The number of carboxylic acid groups (broad SMARTS) is 1. The van der Waals surface area contributed by atoms with Gasteiger partial charge in [-0.25, -0.2) is 0 Å². The minimum Gasteiger partial charge on any atom is -0.481 e. The lowest BCUT2D eigenvalue weighted by Crippen LogP contribution is -2.37. The zero-order valence-electron chi connectivity index (χ0n) is 7.97. The van der Waals surface area contributed by atoms with Gasteiger partial charge in [-0.1, -0.05) is 13.8 Å². The highest BCUT2D eigenvalue weighted by atomic mass is 16.4. The smallest absolute Gasteiger partial charge is 0.306 e. The maximum Gasteiger partial charge on any atom is 0.306 e. The number of nitrogens with zero attached hydrogens (tertiary/aromatic N) is 1. The largest absolute Gasteiger partial charge is 0.481 e. The lowest BCUT2D eigenvalue weighted by Gasteiger charge is -2.18. The van der Waals surface area contributed by atoms with Crippen molar-refractivity contribution in [2.45, 2.75) is 38.8 Å². The van der Waals surface area contributed by atoms with Crippen LogP contribution in [0.15, 0.2) is 0 Å². The van der Waals surface area contributed by atoms with Crippen LogP contribution in [0, 0.1) is 5.92 Å². The summed E-state index contributed by atoms with van der Waals surface area (Å²) in [5, 5.41) is 17.6. The Kier molecular flexibility index (Phi) is 7.79. The quantitative estimate of drug-likeness (QED) is 0.551. The molecule has 0 aliphatic rings. The molecule has 0 aromatic rings. The standard InChI is InChI=1S/C8H17NO3.N/c1-5(2)3-6(9)7(10)4-8(11)12;/h5-7,10H,3-4,9H2,1-2H3,(H,11,12);/t6-,7-;/m0./s1. The Balaban J connectivity index is 0. The first-order valence-electron chi connectivity index (χ1n) is 4.09. The molecule has 0 bridgehead atoms. The second-order valence-electron chi connectivity index (χ2n) is 3.46. The minimum atomic E-state index is -1.01. The van der Waals surface area contributed by atoms with Gasteiger partial charge in [0.15, 0.2) is 0 Å². The van der Waals surface area contributed by atoms with Crippen LogP contribution < -0.4 is 11.9 Å². The Labute approximate surface area is 78.5 Å². The molecule has 0 saturated carbocycles. The van der Waals surface area contributed by atoms with Crippen molar-refractivity contribution >= 4 is 5.97 Å². The van der Waals surface area contributed by atoms with Gasteiger partial charge in [0.2, 0.25) is 0 Å². The fraction of sp³-hybridized carbons (Fsp3) is 0.875. The number of hydrogen-bond acceptors (Lipinski definition) is 3. The number of aliphatic hydroxyl groups is 1. The van der Waals surface area contributed by atoms with Crippen LogP contribution in [0.5, 0.6) is 0 Å². The number of carboxylic acids is 1. The summed E-state index contributed by atoms with van der Waals surface area (Å²) in [7, 11) is 0. The van der Waals surface area contributed by atoms with Crippen LogP contribution in [0.1, 0.15) is 26.7 Å². The third-order valence-corrected chi connectivity index (χ3v) is 1.62. The van der Waals surface area contributed by atoms with E-state index in [0.29, 0.717) is 12.3 Å². The topological polar surface area (TPSA) is 114 Å². The van der Waals surface area contributed by atoms with Gasteiger partial charge < -0.3 is 15.9 Å². The second kappa shape index (κ2) is 6.82. The average Bonchev–Trinajstić information content (AvgIpc) is 1.84. The van der Waals surface area contributed by atoms with E-state index in [4.69, 9.17) is 10.8 Å². The van der Waals surface area contributed by atoms with E-state index in [1.165, 1.54) is 0 Å². The van der Waals surface area contributed by atoms with E-state index >= 15 is 0 Å². The molecule has 0 aliphatic carbocycles. The van der Waals surface area contributed by atoms with Gasteiger partial charge in [-0.2, -0.15) is 0 Å². The molecule has 5 heteroatoms. The molecule has 0 unspecified atom stereocenters. The summed E-state index contributed by atoms with van der Waals surface area (Å²) in [5.74, 6) is -0.634. The van der Waals surface area contributed by atoms with Gasteiger partial charge in [-0.15, -0.1) is 0 Å². The van der Waals surface area contributed by atoms with Crippen molar-refractivity contribution in [3.8, 4) is 0 Å². The second-order valence-corrected chi connectivity index (χ2v) is 3.46. The van der Waals surface area contributed by atoms with E-state index in [9.17, 15) is 9.90 Å². The lowest BCUT2D eigenvalue weighted by atomic mass is 9.98. The predicted molar refractivity (Wildman–Crippen MR) is 47.8 cm³/mol. The summed E-state index contributed by atoms with van der Waals surface area (Å²) in [5.41, 5.74) is 5.55. The van der Waals surface area contributed by atoms with Crippen molar-refractivity contribution in [1.82, 2.24) is 6.15 Å². The molecule has 0 amide bonds. The first kappa shape index (κ1) is 14.9. The molecule has 0 heterocycles. The SMILES string of the molecule is CC(C)C[C@H](N)[C@@H](O)CC(=O)O.[N]. The zero-order valence-corrected chi connectivity index (χ0v) is 7.97. The van der Waals surface area contributed by atoms with E-state index in [-0.39, 0.29) is 12.6 Å². The molecule has 77 valence electrons. The molecule has 2 atom stereocenters. The molecule has 5 nitrogen and oxygen atoms in total. The van der Waals surface area contributed by atoms with Crippen LogP contribution in [0.2, 0.25) is 0 Å². The zero-order chi connectivity index (χ0) is 9.72. The van der Waals surface area contributed by atoms with Crippen LogP contribution in [0.25, 0.3) is 0 Å². The van der Waals surface area contributed by atoms with E-state index in [0.717, 1.165) is 0 Å². The molecule has 3 radical (unpaired) electrons. The van der Waals surface area contributed by atoms with E-state index in [1.54, 1.807) is 0 Å². The maximum atomic E-state index is 10.2. The monoisotopic (exact) mass is 189 g/mol. The highest BCUT2D eigenvalue weighted by molar-refractivity contribution is 5.67. The summed E-state index contributed by atoms with van der Waals surface area (Å²) in [4.78, 5) is 10.2. The third kappa shape index (κ3) is 7.70. The van der Waals surface area contributed by atoms with Gasteiger partial charge in [0.1, 0.15) is 0 Å². The van der Waals surface area contributed by atoms with Gasteiger partial charge in [-0.3, -0.25) is 4.79 Å². The predicted octanol–water partition coefficient (Wildman–Crippen LogP) is -0.285. The van der Waals surface area contributed by atoms with Crippen LogP contribution in [-0.2, 0) is 4.79 Å². The Morgan fingerprint density at radius 1 is 1.46 bits per heavy atom. The van der Waals surface area contributed by atoms with E-state index in [2.05, 4.69) is 0 Å². The van der Waals surface area contributed by atoms with E-state index < -0.39 is 18.1 Å². The third-order valence-electron chi connectivity index (χ3n) is 1.62. The highest BCUT2D eigenvalue weighted by Gasteiger charge is 2.18. The lowest BCUT2D eigenvalue weighted by molar-refractivity contribution is -0.139. The summed E-state index contributed by atoms with van der Waals surface area (Å²) >= 11 is 0. The van der Waals surface area contributed by atoms with Crippen molar-refractivity contribution in [3.63, 3.8) is 0 Å². The first-order valence-corrected chi connectivity index (χ1v) is 4.09. The summed E-state index contributed by atoms with van der Waals surface area (Å²) in [6, 6.07) is -0.430. The van der Waals surface area contributed by atoms with Crippen molar-refractivity contribution in [2.75, 3.05) is 0 Å². The van der Waals surface area contributed by atoms with Crippen LogP contribution >= 0.6 is 0 Å². The van der Waals surface area contributed by atoms with E-state index in [1.807, 2.05) is 13.8 Å². The van der Waals surface area contributed by atoms with Crippen molar-refractivity contribution in [1.29, 1.82) is 0 Å². The van der Waals surface area contributed by atoms with Gasteiger partial charge in [-0.05, 0) is 12.3 Å². The number of hydrogen-bond donors (Lipinski definition) is 3. The van der Waals surface area contributed by atoms with Crippen LogP contribution in [0.3, 0.4) is 0 Å². The molecule has 0 rings (SSSR count). The fourth-order valence-corrected chi connectivity index (χ4v) is 1.03. The maximum absolute atomic E-state index is 10.2. The van der Waals surface area contributed by atoms with Gasteiger partial charge in [0.25, 0.3) is 0 Å².